The molecule has 0 atom stereocenters. The Bertz CT molecular complexity index is 315. The summed E-state index contributed by atoms with van der Waals surface area (Å²) >= 11 is 1.46. The lowest BCUT2D eigenvalue weighted by molar-refractivity contribution is 0.380. The molecule has 2 rings (SSSR count). The molecule has 0 spiro atoms. The Morgan fingerprint density at radius 1 is 1.50 bits per heavy atom. The molecular formula is C10H17N3S. The predicted octanol–water partition coefficient (Wildman–Crippen LogP) is 2.69. The van der Waals surface area contributed by atoms with Gasteiger partial charge in [0.05, 0.1) is 0 Å². The summed E-state index contributed by atoms with van der Waals surface area (Å²) in [4.78, 5) is 4.30. The number of nitrogens with one attached hydrogen (secondary N) is 1. The van der Waals surface area contributed by atoms with Crippen molar-refractivity contribution in [1.29, 1.82) is 0 Å². The van der Waals surface area contributed by atoms with Gasteiger partial charge < -0.3 is 5.32 Å². The van der Waals surface area contributed by atoms with Crippen LogP contribution in [0.1, 0.15) is 32.5 Å². The maximum atomic E-state index is 4.30. The summed E-state index contributed by atoms with van der Waals surface area (Å²) in [5, 5.41) is 4.36. The summed E-state index contributed by atoms with van der Waals surface area (Å²) in [7, 11) is 0. The fourth-order valence-electron chi connectivity index (χ4n) is 1.74. The standard InChI is InChI=1S/C10H17N3S/c1-7(2)10(4-5-10)6-11-9-12-8(3)13-14-9/h7H,4-6H2,1-3H3,(H,11,12,13). The number of aryl methyl sites for hydroxylation is 1. The molecule has 1 heterocycles. The molecule has 14 heavy (non-hydrogen) atoms. The van der Waals surface area contributed by atoms with Crippen LogP contribution in [0.4, 0.5) is 5.13 Å². The molecule has 1 fully saturated rings. The van der Waals surface area contributed by atoms with Crippen molar-refractivity contribution in [2.45, 2.75) is 33.6 Å². The maximum Gasteiger partial charge on any atom is 0.202 e. The van der Waals surface area contributed by atoms with E-state index in [1.165, 1.54) is 24.4 Å². The lowest BCUT2D eigenvalue weighted by Gasteiger charge is -2.19. The average Bonchev–Trinajstić information content (AvgIpc) is 2.82. The second kappa shape index (κ2) is 3.50. The SMILES string of the molecule is Cc1nsc(NCC2(C(C)C)CC2)n1. The first kappa shape index (κ1) is 9.90. The van der Waals surface area contributed by atoms with Crippen LogP contribution in [0.5, 0.6) is 0 Å². The van der Waals surface area contributed by atoms with Gasteiger partial charge in [-0.15, -0.1) is 0 Å². The van der Waals surface area contributed by atoms with Crippen LogP contribution in [-0.2, 0) is 0 Å². The lowest BCUT2D eigenvalue weighted by atomic mass is 9.92. The number of hydrogen-bond acceptors (Lipinski definition) is 4. The third-order valence-corrected chi connectivity index (χ3v) is 4.00. The minimum atomic E-state index is 0.541. The van der Waals surface area contributed by atoms with Crippen molar-refractivity contribution in [2.75, 3.05) is 11.9 Å². The third-order valence-electron chi connectivity index (χ3n) is 3.24. The Hall–Kier alpha value is -0.640. The van der Waals surface area contributed by atoms with E-state index in [9.17, 15) is 0 Å². The summed E-state index contributed by atoms with van der Waals surface area (Å²) < 4.78 is 4.15. The fourth-order valence-corrected chi connectivity index (χ4v) is 2.31. The molecule has 3 nitrogen and oxygen atoms in total. The van der Waals surface area contributed by atoms with Gasteiger partial charge in [0, 0.05) is 18.1 Å². The van der Waals surface area contributed by atoms with Crippen molar-refractivity contribution in [3.8, 4) is 0 Å². The second-order valence-electron chi connectivity index (χ2n) is 4.52. The van der Waals surface area contributed by atoms with E-state index in [1.807, 2.05) is 6.92 Å². The molecule has 1 N–H and O–H groups in total. The summed E-state index contributed by atoms with van der Waals surface area (Å²) in [6, 6.07) is 0. The van der Waals surface area contributed by atoms with Gasteiger partial charge in [0.15, 0.2) is 0 Å². The van der Waals surface area contributed by atoms with Crippen LogP contribution in [0.25, 0.3) is 0 Å². The quantitative estimate of drug-likeness (QED) is 0.832. The molecule has 1 aliphatic rings. The number of hydrogen-bond donors (Lipinski definition) is 1. The largest absolute Gasteiger partial charge is 0.360 e. The summed E-state index contributed by atoms with van der Waals surface area (Å²) in [5.74, 6) is 1.64. The van der Waals surface area contributed by atoms with Gasteiger partial charge in [-0.2, -0.15) is 4.37 Å². The molecule has 0 amide bonds. The molecule has 0 bridgehead atoms. The number of rotatable bonds is 4. The predicted molar refractivity (Wildman–Crippen MR) is 59.6 cm³/mol. The minimum Gasteiger partial charge on any atom is -0.360 e. The molecule has 1 aromatic heterocycles. The minimum absolute atomic E-state index is 0.541. The van der Waals surface area contributed by atoms with Gasteiger partial charge >= 0.3 is 0 Å². The Morgan fingerprint density at radius 3 is 2.64 bits per heavy atom. The van der Waals surface area contributed by atoms with E-state index < -0.39 is 0 Å². The van der Waals surface area contributed by atoms with Gasteiger partial charge in [-0.3, -0.25) is 0 Å². The van der Waals surface area contributed by atoms with Crippen LogP contribution in [0.3, 0.4) is 0 Å². The summed E-state index contributed by atoms with van der Waals surface area (Å²) in [6.07, 6.45) is 2.71. The van der Waals surface area contributed by atoms with E-state index in [1.54, 1.807) is 0 Å². The summed E-state index contributed by atoms with van der Waals surface area (Å²) in [6.45, 7) is 7.59. The van der Waals surface area contributed by atoms with Crippen molar-refractivity contribution < 1.29 is 0 Å². The second-order valence-corrected chi connectivity index (χ2v) is 5.27. The molecule has 0 saturated heterocycles. The normalized spacial score (nSPS) is 18.6. The zero-order valence-corrected chi connectivity index (χ0v) is 9.82. The Kier molecular flexibility index (Phi) is 2.47. The number of anilines is 1. The fraction of sp³-hybridized carbons (Fsp3) is 0.800. The molecule has 1 aliphatic carbocycles. The highest BCUT2D eigenvalue weighted by atomic mass is 32.1. The molecule has 78 valence electrons. The van der Waals surface area contributed by atoms with Crippen LogP contribution >= 0.6 is 11.5 Å². The maximum absolute atomic E-state index is 4.30. The molecule has 0 unspecified atom stereocenters. The monoisotopic (exact) mass is 211 g/mol. The Balaban J connectivity index is 1.89. The molecule has 4 heteroatoms. The van der Waals surface area contributed by atoms with E-state index >= 15 is 0 Å². The van der Waals surface area contributed by atoms with Crippen LogP contribution < -0.4 is 5.32 Å². The van der Waals surface area contributed by atoms with Crippen molar-refractivity contribution in [3.05, 3.63) is 5.82 Å². The van der Waals surface area contributed by atoms with Crippen molar-refractivity contribution >= 4 is 16.7 Å². The van der Waals surface area contributed by atoms with E-state index in [-0.39, 0.29) is 0 Å². The van der Waals surface area contributed by atoms with Gasteiger partial charge in [0.1, 0.15) is 5.82 Å². The van der Waals surface area contributed by atoms with Gasteiger partial charge in [-0.25, -0.2) is 4.98 Å². The molecule has 0 aromatic carbocycles. The zero-order chi connectivity index (χ0) is 10.2. The highest BCUT2D eigenvalue weighted by molar-refractivity contribution is 7.09. The highest BCUT2D eigenvalue weighted by Crippen LogP contribution is 2.51. The Labute approximate surface area is 89.1 Å². The van der Waals surface area contributed by atoms with E-state index in [0.717, 1.165) is 23.4 Å². The first-order chi connectivity index (χ1) is 6.62. The van der Waals surface area contributed by atoms with Crippen LogP contribution in [0, 0.1) is 18.3 Å². The smallest absolute Gasteiger partial charge is 0.202 e. The molecule has 1 saturated carbocycles. The first-order valence-corrected chi connectivity index (χ1v) is 5.94. The Morgan fingerprint density at radius 2 is 2.21 bits per heavy atom. The molecular weight excluding hydrogens is 194 g/mol. The molecule has 1 aromatic rings. The van der Waals surface area contributed by atoms with Crippen LogP contribution in [-0.4, -0.2) is 15.9 Å². The highest BCUT2D eigenvalue weighted by Gasteiger charge is 2.45. The van der Waals surface area contributed by atoms with E-state index in [0.29, 0.717) is 5.41 Å². The lowest BCUT2D eigenvalue weighted by Crippen LogP contribution is -2.20. The molecule has 0 aliphatic heterocycles. The molecule has 0 radical (unpaired) electrons. The van der Waals surface area contributed by atoms with Crippen LogP contribution in [0.15, 0.2) is 0 Å². The van der Waals surface area contributed by atoms with Gasteiger partial charge in [0.2, 0.25) is 5.13 Å². The third kappa shape index (κ3) is 1.90. The topological polar surface area (TPSA) is 37.8 Å². The van der Waals surface area contributed by atoms with Gasteiger partial charge in [-0.1, -0.05) is 13.8 Å². The van der Waals surface area contributed by atoms with Crippen molar-refractivity contribution in [1.82, 2.24) is 9.36 Å². The van der Waals surface area contributed by atoms with Gasteiger partial charge in [0.25, 0.3) is 0 Å². The van der Waals surface area contributed by atoms with E-state index in [2.05, 4.69) is 28.5 Å². The summed E-state index contributed by atoms with van der Waals surface area (Å²) in [5.41, 5.74) is 0.541. The first-order valence-electron chi connectivity index (χ1n) is 5.17. The number of nitrogens with zero attached hydrogens (tertiary/aromatic N) is 2. The van der Waals surface area contributed by atoms with Crippen LogP contribution in [0.2, 0.25) is 0 Å². The number of aromatic nitrogens is 2. The van der Waals surface area contributed by atoms with Crippen molar-refractivity contribution in [3.63, 3.8) is 0 Å². The zero-order valence-electron chi connectivity index (χ0n) is 9.00. The van der Waals surface area contributed by atoms with Gasteiger partial charge in [-0.05, 0) is 31.1 Å². The average molecular weight is 211 g/mol. The van der Waals surface area contributed by atoms with E-state index in [4.69, 9.17) is 0 Å². The van der Waals surface area contributed by atoms with Crippen molar-refractivity contribution in [2.24, 2.45) is 11.3 Å².